The van der Waals surface area contributed by atoms with E-state index < -0.39 is 5.60 Å². The molecule has 0 atom stereocenters. The van der Waals surface area contributed by atoms with Crippen molar-refractivity contribution in [2.75, 3.05) is 57.7 Å². The Balaban J connectivity index is 0.893. The fourth-order valence-electron chi connectivity index (χ4n) is 7.35. The topological polar surface area (TPSA) is 48.1 Å². The first-order valence-corrected chi connectivity index (χ1v) is 17.4. The molecule has 0 aromatic heterocycles. The molecule has 6 nitrogen and oxygen atoms in total. The van der Waals surface area contributed by atoms with Crippen LogP contribution in [0.3, 0.4) is 0 Å². The summed E-state index contributed by atoms with van der Waals surface area (Å²) in [4.78, 5) is 20.9. The first kappa shape index (κ1) is 32.0. The number of piperazine rings is 1. The largest absolute Gasteiger partial charge is 0.443 e. The molecule has 6 heteroatoms. The van der Waals surface area contributed by atoms with E-state index in [0.717, 1.165) is 55.3 Å². The predicted octanol–water partition coefficient (Wildman–Crippen LogP) is 8.05. The Morgan fingerprint density at radius 2 is 1.33 bits per heavy atom. The van der Waals surface area contributed by atoms with Crippen LogP contribution in [0.2, 0.25) is 0 Å². The highest BCUT2D eigenvalue weighted by atomic mass is 16.6. The molecular weight excluding hydrogens is 532 g/mol. The molecule has 1 saturated carbocycles. The molecule has 2 saturated heterocycles. The van der Waals surface area contributed by atoms with Crippen molar-refractivity contribution in [1.82, 2.24) is 14.7 Å². The van der Waals surface area contributed by atoms with Crippen molar-refractivity contribution < 1.29 is 9.53 Å². The SMILES string of the molecule is CC1(OC(=O)Nc2ccccc2-c2ccccc2)CCN(CCCCCCCCN2CCN(C3CCCCC3)CC2)CC1. The van der Waals surface area contributed by atoms with Crippen LogP contribution < -0.4 is 5.32 Å². The number of carbonyl (C=O) groups excluding carboxylic acids is 1. The normalized spacial score (nSPS) is 20.6. The van der Waals surface area contributed by atoms with Gasteiger partial charge in [-0.2, -0.15) is 0 Å². The van der Waals surface area contributed by atoms with Crippen LogP contribution in [-0.4, -0.2) is 84.8 Å². The molecule has 3 fully saturated rings. The average Bonchev–Trinajstić information content (AvgIpc) is 3.04. The van der Waals surface area contributed by atoms with E-state index in [4.69, 9.17) is 4.74 Å². The summed E-state index contributed by atoms with van der Waals surface area (Å²) in [6, 6.07) is 19.0. The number of carbonyl (C=O) groups is 1. The third kappa shape index (κ3) is 10.1. The van der Waals surface area contributed by atoms with E-state index in [1.54, 1.807) is 0 Å². The van der Waals surface area contributed by atoms with Crippen LogP contribution in [0.1, 0.15) is 90.4 Å². The van der Waals surface area contributed by atoms with Crippen LogP contribution in [0, 0.1) is 0 Å². The molecule has 1 aliphatic carbocycles. The van der Waals surface area contributed by atoms with Gasteiger partial charge in [0.15, 0.2) is 0 Å². The molecule has 2 aliphatic heterocycles. The zero-order valence-corrected chi connectivity index (χ0v) is 26.8. The number of likely N-dealkylation sites (tertiary alicyclic amines) is 1. The smallest absolute Gasteiger partial charge is 0.412 e. The lowest BCUT2D eigenvalue weighted by molar-refractivity contribution is -0.0163. The summed E-state index contributed by atoms with van der Waals surface area (Å²) >= 11 is 0. The standard InChI is InChI=1S/C37H56N4O2/c1-37(43-36(42)38-35-21-13-12-20-34(35)32-16-8-6-9-17-32)22-26-39(27-23-37)24-14-4-2-3-5-15-25-40-28-30-41(31-29-40)33-18-10-7-11-19-33/h6,8-9,12-13,16-17,20-21,33H,2-5,7,10-11,14-15,18-19,22-31H2,1H3,(H,38,42). The molecule has 2 aromatic carbocycles. The number of para-hydroxylation sites is 1. The lowest BCUT2D eigenvalue weighted by atomic mass is 9.93. The van der Waals surface area contributed by atoms with E-state index in [0.29, 0.717) is 0 Å². The highest BCUT2D eigenvalue weighted by Gasteiger charge is 2.33. The van der Waals surface area contributed by atoms with Crippen molar-refractivity contribution in [1.29, 1.82) is 0 Å². The Labute approximate surface area is 261 Å². The zero-order valence-electron chi connectivity index (χ0n) is 26.8. The molecule has 1 N–H and O–H groups in total. The van der Waals surface area contributed by atoms with Crippen molar-refractivity contribution in [3.8, 4) is 11.1 Å². The summed E-state index contributed by atoms with van der Waals surface area (Å²) in [7, 11) is 0. The lowest BCUT2D eigenvalue weighted by Gasteiger charge is -2.40. The van der Waals surface area contributed by atoms with Crippen LogP contribution in [0.4, 0.5) is 10.5 Å². The Kier molecular flexibility index (Phi) is 12.4. The van der Waals surface area contributed by atoms with Gasteiger partial charge in [-0.05, 0) is 70.2 Å². The number of rotatable bonds is 13. The summed E-state index contributed by atoms with van der Waals surface area (Å²) in [6.45, 7) is 11.7. The monoisotopic (exact) mass is 588 g/mol. The lowest BCUT2D eigenvalue weighted by Crippen LogP contribution is -2.50. The van der Waals surface area contributed by atoms with Gasteiger partial charge in [-0.3, -0.25) is 10.2 Å². The Bertz CT molecular complexity index is 1090. The Morgan fingerprint density at radius 3 is 2.00 bits per heavy atom. The fourth-order valence-corrected chi connectivity index (χ4v) is 7.35. The molecule has 0 radical (unpaired) electrons. The minimum absolute atomic E-state index is 0.360. The molecule has 0 bridgehead atoms. The molecule has 1 amide bonds. The number of unbranched alkanes of at least 4 members (excludes halogenated alkanes) is 5. The molecule has 2 aromatic rings. The number of ether oxygens (including phenoxy) is 1. The minimum atomic E-state index is -0.412. The molecule has 236 valence electrons. The van der Waals surface area contributed by atoms with Gasteiger partial charge in [0, 0.05) is 50.9 Å². The van der Waals surface area contributed by atoms with E-state index in [1.807, 2.05) is 42.5 Å². The van der Waals surface area contributed by atoms with E-state index >= 15 is 0 Å². The van der Waals surface area contributed by atoms with Gasteiger partial charge >= 0.3 is 6.09 Å². The number of benzene rings is 2. The van der Waals surface area contributed by atoms with Crippen molar-refractivity contribution >= 4 is 11.8 Å². The van der Waals surface area contributed by atoms with Crippen molar-refractivity contribution in [3.05, 3.63) is 54.6 Å². The van der Waals surface area contributed by atoms with Gasteiger partial charge < -0.3 is 14.5 Å². The number of nitrogens with one attached hydrogen (secondary N) is 1. The van der Waals surface area contributed by atoms with Crippen molar-refractivity contribution in [2.24, 2.45) is 0 Å². The summed E-state index contributed by atoms with van der Waals surface area (Å²) < 4.78 is 6.00. The zero-order chi connectivity index (χ0) is 29.7. The van der Waals surface area contributed by atoms with Gasteiger partial charge in [0.2, 0.25) is 0 Å². The number of nitrogens with zero attached hydrogens (tertiary/aromatic N) is 3. The molecule has 5 rings (SSSR count). The third-order valence-corrected chi connectivity index (χ3v) is 10.2. The van der Waals surface area contributed by atoms with Crippen LogP contribution >= 0.6 is 0 Å². The maximum absolute atomic E-state index is 12.9. The van der Waals surface area contributed by atoms with Gasteiger partial charge in [0.25, 0.3) is 0 Å². The fraction of sp³-hybridized carbons (Fsp3) is 0.649. The van der Waals surface area contributed by atoms with Gasteiger partial charge in [-0.1, -0.05) is 93.5 Å². The summed E-state index contributed by atoms with van der Waals surface area (Å²) in [5.74, 6) is 0. The van der Waals surface area contributed by atoms with Crippen LogP contribution in [0.25, 0.3) is 11.1 Å². The highest BCUT2D eigenvalue weighted by Crippen LogP contribution is 2.30. The molecule has 0 spiro atoms. The van der Waals surface area contributed by atoms with Crippen LogP contribution in [0.5, 0.6) is 0 Å². The number of anilines is 1. The maximum atomic E-state index is 12.9. The third-order valence-electron chi connectivity index (χ3n) is 10.2. The van der Waals surface area contributed by atoms with Gasteiger partial charge in [-0.15, -0.1) is 0 Å². The summed E-state index contributed by atoms with van der Waals surface area (Å²) in [5.41, 5.74) is 2.46. The van der Waals surface area contributed by atoms with Crippen molar-refractivity contribution in [2.45, 2.75) is 102 Å². The van der Waals surface area contributed by atoms with Crippen molar-refractivity contribution in [3.63, 3.8) is 0 Å². The van der Waals surface area contributed by atoms with E-state index in [1.165, 1.54) is 103 Å². The Morgan fingerprint density at radius 1 is 0.744 bits per heavy atom. The summed E-state index contributed by atoms with van der Waals surface area (Å²) in [6.07, 6.45) is 16.7. The second kappa shape index (κ2) is 16.6. The first-order valence-electron chi connectivity index (χ1n) is 17.4. The molecule has 2 heterocycles. The van der Waals surface area contributed by atoms with Crippen LogP contribution in [0.15, 0.2) is 54.6 Å². The van der Waals surface area contributed by atoms with E-state index in [-0.39, 0.29) is 6.09 Å². The molecule has 0 unspecified atom stereocenters. The maximum Gasteiger partial charge on any atom is 0.412 e. The van der Waals surface area contributed by atoms with Gasteiger partial charge in [0.1, 0.15) is 5.60 Å². The number of amides is 1. The second-order valence-electron chi connectivity index (χ2n) is 13.5. The van der Waals surface area contributed by atoms with Gasteiger partial charge in [0.05, 0.1) is 5.69 Å². The second-order valence-corrected chi connectivity index (χ2v) is 13.5. The first-order chi connectivity index (χ1) is 21.1. The number of piperidine rings is 1. The summed E-state index contributed by atoms with van der Waals surface area (Å²) in [5, 5.41) is 3.01. The van der Waals surface area contributed by atoms with Gasteiger partial charge in [-0.25, -0.2) is 4.79 Å². The number of hydrogen-bond acceptors (Lipinski definition) is 5. The predicted molar refractivity (Wildman–Crippen MR) is 179 cm³/mol. The molecular formula is C37H56N4O2. The number of hydrogen-bond donors (Lipinski definition) is 1. The molecule has 3 aliphatic rings. The average molecular weight is 589 g/mol. The van der Waals surface area contributed by atoms with Crippen LogP contribution in [-0.2, 0) is 4.74 Å². The minimum Gasteiger partial charge on any atom is -0.443 e. The highest BCUT2D eigenvalue weighted by molar-refractivity contribution is 5.91. The molecule has 43 heavy (non-hydrogen) atoms. The van der Waals surface area contributed by atoms with E-state index in [9.17, 15) is 4.79 Å². The van der Waals surface area contributed by atoms with E-state index in [2.05, 4.69) is 39.1 Å². The Hall–Kier alpha value is -2.41. The quantitative estimate of drug-likeness (QED) is 0.240.